The van der Waals surface area contributed by atoms with E-state index in [1.807, 2.05) is 61.5 Å². The van der Waals surface area contributed by atoms with Crippen LogP contribution in [0.2, 0.25) is 0 Å². The molecule has 0 aromatic heterocycles. The standard InChI is InChI=1S/C18H17NO2/c1-13-7-9-15(10-8-13)17(12-19)16(11-18(20)21)14-5-3-2-4-6-14/h2-10,16-17H,11H2,1H3,(H,20,21). The van der Waals surface area contributed by atoms with E-state index >= 15 is 0 Å². The van der Waals surface area contributed by atoms with Crippen LogP contribution in [0.5, 0.6) is 0 Å². The molecule has 3 heteroatoms. The smallest absolute Gasteiger partial charge is 0.304 e. The lowest BCUT2D eigenvalue weighted by Crippen LogP contribution is -2.14. The maximum Gasteiger partial charge on any atom is 0.304 e. The summed E-state index contributed by atoms with van der Waals surface area (Å²) in [5.41, 5.74) is 2.86. The molecule has 2 aromatic carbocycles. The molecule has 0 saturated carbocycles. The van der Waals surface area contributed by atoms with Gasteiger partial charge in [-0.15, -0.1) is 0 Å². The van der Waals surface area contributed by atoms with Crippen molar-refractivity contribution in [3.63, 3.8) is 0 Å². The molecule has 106 valence electrons. The third-order valence-corrected chi connectivity index (χ3v) is 3.60. The SMILES string of the molecule is Cc1ccc(C(C#N)C(CC(=O)O)c2ccccc2)cc1. The predicted molar refractivity (Wildman–Crippen MR) is 81.0 cm³/mol. The highest BCUT2D eigenvalue weighted by Gasteiger charge is 2.27. The van der Waals surface area contributed by atoms with E-state index in [0.29, 0.717) is 0 Å². The number of aryl methyl sites for hydroxylation is 1. The average Bonchev–Trinajstić information content (AvgIpc) is 2.49. The number of hydrogen-bond acceptors (Lipinski definition) is 2. The molecular formula is C18H17NO2. The summed E-state index contributed by atoms with van der Waals surface area (Å²) in [5.74, 6) is -1.71. The van der Waals surface area contributed by atoms with Crippen molar-refractivity contribution in [1.82, 2.24) is 0 Å². The monoisotopic (exact) mass is 279 g/mol. The van der Waals surface area contributed by atoms with Crippen molar-refractivity contribution in [3.8, 4) is 6.07 Å². The molecule has 3 nitrogen and oxygen atoms in total. The van der Waals surface area contributed by atoms with E-state index in [9.17, 15) is 15.2 Å². The molecule has 2 unspecified atom stereocenters. The third kappa shape index (κ3) is 3.70. The number of hydrogen-bond donors (Lipinski definition) is 1. The number of nitrogens with zero attached hydrogens (tertiary/aromatic N) is 1. The molecule has 0 aliphatic heterocycles. The number of aliphatic carboxylic acids is 1. The van der Waals surface area contributed by atoms with Crippen LogP contribution in [0, 0.1) is 18.3 Å². The van der Waals surface area contributed by atoms with Gasteiger partial charge in [0.25, 0.3) is 0 Å². The Bertz CT molecular complexity index is 641. The minimum absolute atomic E-state index is 0.0594. The summed E-state index contributed by atoms with van der Waals surface area (Å²) in [6, 6.07) is 19.4. The van der Waals surface area contributed by atoms with Gasteiger partial charge in [0, 0.05) is 5.92 Å². The lowest BCUT2D eigenvalue weighted by molar-refractivity contribution is -0.137. The van der Waals surface area contributed by atoms with E-state index in [2.05, 4.69) is 6.07 Å². The molecule has 0 aliphatic rings. The molecule has 21 heavy (non-hydrogen) atoms. The fourth-order valence-corrected chi connectivity index (χ4v) is 2.49. The maximum atomic E-state index is 11.2. The van der Waals surface area contributed by atoms with Crippen molar-refractivity contribution >= 4 is 5.97 Å². The van der Waals surface area contributed by atoms with Gasteiger partial charge in [-0.05, 0) is 18.1 Å². The normalized spacial score (nSPS) is 13.1. The fraction of sp³-hybridized carbons (Fsp3) is 0.222. The fourth-order valence-electron chi connectivity index (χ4n) is 2.49. The first-order chi connectivity index (χ1) is 10.1. The number of carbonyl (C=O) groups is 1. The zero-order chi connectivity index (χ0) is 15.2. The second kappa shape index (κ2) is 6.71. The second-order valence-electron chi connectivity index (χ2n) is 5.13. The maximum absolute atomic E-state index is 11.2. The number of carboxylic acids is 1. The van der Waals surface area contributed by atoms with E-state index in [-0.39, 0.29) is 12.3 Å². The molecule has 0 amide bonds. The van der Waals surface area contributed by atoms with E-state index in [4.69, 9.17) is 0 Å². The van der Waals surface area contributed by atoms with Crippen LogP contribution >= 0.6 is 0 Å². The molecule has 2 aromatic rings. The number of benzene rings is 2. The minimum atomic E-state index is -0.892. The highest BCUT2D eigenvalue weighted by Crippen LogP contribution is 2.35. The topological polar surface area (TPSA) is 61.1 Å². The molecule has 0 aliphatic carbocycles. The molecule has 1 N–H and O–H groups in total. The summed E-state index contributed by atoms with van der Waals surface area (Å²) < 4.78 is 0. The van der Waals surface area contributed by atoms with Crippen LogP contribution in [-0.2, 0) is 4.79 Å². The van der Waals surface area contributed by atoms with Crippen LogP contribution in [0.1, 0.15) is 34.9 Å². The van der Waals surface area contributed by atoms with E-state index in [1.165, 1.54) is 0 Å². The van der Waals surface area contributed by atoms with Crippen LogP contribution in [0.3, 0.4) is 0 Å². The van der Waals surface area contributed by atoms with Crippen LogP contribution in [0.25, 0.3) is 0 Å². The van der Waals surface area contributed by atoms with Crippen LogP contribution in [0.15, 0.2) is 54.6 Å². The number of nitriles is 1. The van der Waals surface area contributed by atoms with Gasteiger partial charge >= 0.3 is 5.97 Å². The largest absolute Gasteiger partial charge is 0.481 e. The van der Waals surface area contributed by atoms with Gasteiger partial charge in [-0.25, -0.2) is 0 Å². The predicted octanol–water partition coefficient (Wildman–Crippen LogP) is 3.86. The Balaban J connectivity index is 2.40. The number of carboxylic acid groups (broad SMARTS) is 1. The van der Waals surface area contributed by atoms with Crippen molar-refractivity contribution < 1.29 is 9.90 Å². The van der Waals surface area contributed by atoms with E-state index in [0.717, 1.165) is 16.7 Å². The van der Waals surface area contributed by atoms with Crippen LogP contribution < -0.4 is 0 Å². The zero-order valence-corrected chi connectivity index (χ0v) is 11.9. The first-order valence-corrected chi connectivity index (χ1v) is 6.84. The van der Waals surface area contributed by atoms with Gasteiger partial charge in [0.1, 0.15) is 0 Å². The summed E-state index contributed by atoms with van der Waals surface area (Å²) >= 11 is 0. The molecule has 2 atom stereocenters. The van der Waals surface area contributed by atoms with Gasteiger partial charge < -0.3 is 5.11 Å². The highest BCUT2D eigenvalue weighted by molar-refractivity contribution is 5.68. The number of rotatable bonds is 5. The summed E-state index contributed by atoms with van der Waals surface area (Å²) in [5, 5.41) is 18.7. The summed E-state index contributed by atoms with van der Waals surface area (Å²) in [7, 11) is 0. The summed E-state index contributed by atoms with van der Waals surface area (Å²) in [6.45, 7) is 1.98. The van der Waals surface area contributed by atoms with Gasteiger partial charge in [0.15, 0.2) is 0 Å². The molecule has 0 heterocycles. The molecule has 0 saturated heterocycles. The molecule has 0 radical (unpaired) electrons. The van der Waals surface area contributed by atoms with E-state index in [1.54, 1.807) is 0 Å². The average molecular weight is 279 g/mol. The van der Waals surface area contributed by atoms with Gasteiger partial charge in [-0.2, -0.15) is 5.26 Å². The Hall–Kier alpha value is -2.60. The Morgan fingerprint density at radius 1 is 1.10 bits per heavy atom. The molecule has 0 fully saturated rings. The first kappa shape index (κ1) is 14.8. The Labute approximate surface area is 124 Å². The van der Waals surface area contributed by atoms with Crippen LogP contribution in [-0.4, -0.2) is 11.1 Å². The zero-order valence-electron chi connectivity index (χ0n) is 11.9. The van der Waals surface area contributed by atoms with Gasteiger partial charge in [0.05, 0.1) is 18.4 Å². The Morgan fingerprint density at radius 2 is 1.71 bits per heavy atom. The van der Waals surface area contributed by atoms with Crippen LogP contribution in [0.4, 0.5) is 0 Å². The van der Waals surface area contributed by atoms with Gasteiger partial charge in [-0.3, -0.25) is 4.79 Å². The summed E-state index contributed by atoms with van der Waals surface area (Å²) in [6.07, 6.45) is -0.0594. The van der Waals surface area contributed by atoms with Crippen molar-refractivity contribution in [3.05, 3.63) is 71.3 Å². The Kier molecular flexibility index (Phi) is 4.73. The summed E-state index contributed by atoms with van der Waals surface area (Å²) in [4.78, 5) is 11.2. The lowest BCUT2D eigenvalue weighted by Gasteiger charge is -2.21. The molecule has 2 rings (SSSR count). The highest BCUT2D eigenvalue weighted by atomic mass is 16.4. The van der Waals surface area contributed by atoms with Gasteiger partial charge in [-0.1, -0.05) is 60.2 Å². The minimum Gasteiger partial charge on any atom is -0.481 e. The Morgan fingerprint density at radius 3 is 2.24 bits per heavy atom. The van der Waals surface area contributed by atoms with Crippen molar-refractivity contribution in [2.75, 3.05) is 0 Å². The molecular weight excluding hydrogens is 262 g/mol. The van der Waals surface area contributed by atoms with E-state index < -0.39 is 11.9 Å². The van der Waals surface area contributed by atoms with Crippen molar-refractivity contribution in [2.45, 2.75) is 25.2 Å². The van der Waals surface area contributed by atoms with Gasteiger partial charge in [0.2, 0.25) is 0 Å². The second-order valence-corrected chi connectivity index (χ2v) is 5.13. The van der Waals surface area contributed by atoms with Crippen molar-refractivity contribution in [1.29, 1.82) is 5.26 Å². The lowest BCUT2D eigenvalue weighted by atomic mass is 9.80. The first-order valence-electron chi connectivity index (χ1n) is 6.84. The molecule has 0 bridgehead atoms. The third-order valence-electron chi connectivity index (χ3n) is 3.60. The molecule has 0 spiro atoms. The quantitative estimate of drug-likeness (QED) is 0.904. The van der Waals surface area contributed by atoms with Crippen molar-refractivity contribution in [2.24, 2.45) is 0 Å².